The first-order valence-corrected chi connectivity index (χ1v) is 27.3. The molecule has 10 aromatic carbocycles. The van der Waals surface area contributed by atoms with Crippen LogP contribution in [-0.2, 0) is 10.8 Å². The molecule has 0 fully saturated rings. The van der Waals surface area contributed by atoms with E-state index in [0.717, 1.165) is 11.4 Å². The molecule has 12 aromatic rings. The van der Waals surface area contributed by atoms with E-state index in [1.165, 1.54) is 111 Å². The second-order valence-electron chi connectivity index (χ2n) is 21.1. The number of aromatic nitrogens is 2. The monoisotopic (exact) mass is 928 g/mol. The van der Waals surface area contributed by atoms with E-state index in [0.29, 0.717) is 0 Å². The minimum Gasteiger partial charge on any atom is -0.309 e. The third-order valence-electron chi connectivity index (χ3n) is 16.1. The Balaban J connectivity index is 0.996. The van der Waals surface area contributed by atoms with Gasteiger partial charge in [0.1, 0.15) is 0 Å². The van der Waals surface area contributed by atoms with Crippen molar-refractivity contribution in [2.24, 2.45) is 0 Å². The first kappa shape index (κ1) is 43.1. The van der Waals surface area contributed by atoms with E-state index in [9.17, 15) is 0 Å². The minimum absolute atomic E-state index is 0.0835. The highest BCUT2D eigenvalue weighted by atomic mass is 28.3. The van der Waals surface area contributed by atoms with Gasteiger partial charge in [-0.15, -0.1) is 0 Å². The predicted octanol–water partition coefficient (Wildman–Crippen LogP) is 14.9. The first-order valence-electron chi connectivity index (χ1n) is 25.3. The second kappa shape index (κ2) is 16.6. The molecule has 0 saturated carbocycles. The summed E-state index contributed by atoms with van der Waals surface area (Å²) in [6, 6.07) is 91.6. The van der Waals surface area contributed by atoms with Crippen molar-refractivity contribution in [3.8, 4) is 33.6 Å². The van der Waals surface area contributed by atoms with Gasteiger partial charge in [-0.2, -0.15) is 0 Å². The molecule has 0 spiro atoms. The summed E-state index contributed by atoms with van der Waals surface area (Å²) in [4.78, 5) is 0. The van der Waals surface area contributed by atoms with Crippen LogP contribution in [0.4, 0.5) is 0 Å². The van der Waals surface area contributed by atoms with Gasteiger partial charge in [0, 0.05) is 32.9 Å². The summed E-state index contributed by atoms with van der Waals surface area (Å²) < 4.78 is 4.92. The van der Waals surface area contributed by atoms with Gasteiger partial charge in [-0.25, -0.2) is 0 Å². The third kappa shape index (κ3) is 6.89. The molecule has 0 atom stereocenters. The molecule has 3 heteroatoms. The molecule has 2 aromatic heterocycles. The zero-order valence-electron chi connectivity index (χ0n) is 40.9. The molecular formula is C68H56N2Si. The maximum absolute atomic E-state index is 2.88. The van der Waals surface area contributed by atoms with Crippen LogP contribution in [0.15, 0.2) is 243 Å². The summed E-state index contributed by atoms with van der Waals surface area (Å²) in [7, 11) is -2.88. The molecule has 1 aliphatic rings. The molecule has 0 unspecified atom stereocenters. The molecule has 2 nitrogen and oxygen atoms in total. The van der Waals surface area contributed by atoms with Crippen molar-refractivity contribution in [3.05, 3.63) is 254 Å². The molecule has 0 radical (unpaired) electrons. The number of rotatable bonds is 8. The Hall–Kier alpha value is -7.98. The number of benzene rings is 10. The lowest BCUT2D eigenvalue weighted by atomic mass is 9.63. The van der Waals surface area contributed by atoms with E-state index in [1.807, 2.05) is 0 Å². The van der Waals surface area contributed by atoms with Gasteiger partial charge >= 0.3 is 0 Å². The average Bonchev–Trinajstić information content (AvgIpc) is 3.93. The van der Waals surface area contributed by atoms with E-state index in [2.05, 4.69) is 279 Å². The Bertz CT molecular complexity index is 3950. The fraction of sp³-hybridized carbons (Fsp3) is 0.118. The molecule has 0 aliphatic heterocycles. The van der Waals surface area contributed by atoms with Crippen molar-refractivity contribution in [1.82, 2.24) is 9.13 Å². The van der Waals surface area contributed by atoms with Crippen LogP contribution in [0.25, 0.3) is 77.2 Å². The molecule has 1 aliphatic carbocycles. The fourth-order valence-electron chi connectivity index (χ4n) is 12.4. The van der Waals surface area contributed by atoms with Crippen LogP contribution >= 0.6 is 0 Å². The molecule has 0 N–H and O–H groups in total. The lowest BCUT2D eigenvalue weighted by molar-refractivity contribution is 0.332. The molecule has 0 saturated heterocycles. The molecule has 2 heterocycles. The maximum Gasteiger partial charge on any atom is 0.179 e. The first-order chi connectivity index (χ1) is 34.7. The Kier molecular flexibility index (Phi) is 10.1. The number of hydrogen-bond acceptors (Lipinski definition) is 0. The predicted molar refractivity (Wildman–Crippen MR) is 305 cm³/mol. The van der Waals surface area contributed by atoms with Crippen LogP contribution in [0.5, 0.6) is 0 Å². The Morgan fingerprint density at radius 2 is 0.775 bits per heavy atom. The SMILES string of the molecule is CC1(C)CCC(C)(C)c2cc([Si](c3ccccc3)(c3ccccc3)c3cccc(-c4ccc5c6ccccc6n(-c6ccc7c(c6)c6ccccc6n7-c6cccc(-c7ccccc7)c6)c5c4)c3)ccc21. The van der Waals surface area contributed by atoms with E-state index in [1.54, 1.807) is 0 Å². The number of fused-ring (bicyclic) bond motifs is 7. The molecule has 342 valence electrons. The van der Waals surface area contributed by atoms with Crippen molar-refractivity contribution in [1.29, 1.82) is 0 Å². The normalized spacial score (nSPS) is 14.3. The van der Waals surface area contributed by atoms with E-state index in [4.69, 9.17) is 0 Å². The quantitative estimate of drug-likeness (QED) is 0.106. The van der Waals surface area contributed by atoms with Gasteiger partial charge in [0.15, 0.2) is 8.07 Å². The summed E-state index contributed by atoms with van der Waals surface area (Å²) in [5, 5.41) is 10.6. The average molecular weight is 929 g/mol. The van der Waals surface area contributed by atoms with Gasteiger partial charge in [-0.05, 0) is 126 Å². The van der Waals surface area contributed by atoms with Crippen LogP contribution in [0, 0.1) is 0 Å². The summed E-state index contributed by atoms with van der Waals surface area (Å²) in [5.74, 6) is 0. The number of hydrogen-bond donors (Lipinski definition) is 0. The van der Waals surface area contributed by atoms with Crippen molar-refractivity contribution in [2.45, 2.75) is 51.4 Å². The lowest BCUT2D eigenvalue weighted by Gasteiger charge is -2.43. The van der Waals surface area contributed by atoms with Crippen LogP contribution in [0.2, 0.25) is 0 Å². The Morgan fingerprint density at radius 3 is 1.46 bits per heavy atom. The lowest BCUT2D eigenvalue weighted by Crippen LogP contribution is -2.75. The minimum atomic E-state index is -2.88. The third-order valence-corrected chi connectivity index (χ3v) is 20.9. The second-order valence-corrected chi connectivity index (χ2v) is 25.0. The van der Waals surface area contributed by atoms with Gasteiger partial charge in [-0.1, -0.05) is 222 Å². The maximum atomic E-state index is 2.63. The van der Waals surface area contributed by atoms with Crippen molar-refractivity contribution in [3.63, 3.8) is 0 Å². The van der Waals surface area contributed by atoms with Crippen molar-refractivity contribution in [2.75, 3.05) is 0 Å². The Morgan fingerprint density at radius 1 is 0.296 bits per heavy atom. The van der Waals surface area contributed by atoms with Crippen LogP contribution < -0.4 is 20.7 Å². The van der Waals surface area contributed by atoms with Gasteiger partial charge in [0.05, 0.1) is 22.1 Å². The molecule has 71 heavy (non-hydrogen) atoms. The summed E-state index contributed by atoms with van der Waals surface area (Å²) in [6.45, 7) is 9.78. The van der Waals surface area contributed by atoms with Crippen LogP contribution in [-0.4, -0.2) is 17.2 Å². The smallest absolute Gasteiger partial charge is 0.179 e. The van der Waals surface area contributed by atoms with E-state index >= 15 is 0 Å². The number of nitrogens with zero attached hydrogens (tertiary/aromatic N) is 2. The summed E-state index contributed by atoms with van der Waals surface area (Å²) in [5.41, 5.74) is 15.1. The highest BCUT2D eigenvalue weighted by Crippen LogP contribution is 2.46. The largest absolute Gasteiger partial charge is 0.309 e. The van der Waals surface area contributed by atoms with Crippen LogP contribution in [0.3, 0.4) is 0 Å². The standard InChI is InChI=1S/C68H56N2Si/c1-67(2)40-41-68(3,4)62-46-56(36-38-61(62)67)71(53-25-10-6-11-26-53,54-27-12-7-13-28-54)55-29-19-23-49(43-55)50-34-37-59-57-30-14-16-32-63(57)70(66(59)44-50)52-35-39-65-60(45-52)58-31-15-17-33-64(58)69(65)51-24-18-22-48(42-51)47-20-8-5-9-21-47/h5-39,42-46H,40-41H2,1-4H3. The highest BCUT2D eigenvalue weighted by Gasteiger charge is 2.44. The molecule has 13 rings (SSSR count). The summed E-state index contributed by atoms with van der Waals surface area (Å²) in [6.07, 6.45) is 2.37. The van der Waals surface area contributed by atoms with E-state index < -0.39 is 8.07 Å². The van der Waals surface area contributed by atoms with Gasteiger partial charge in [0.25, 0.3) is 0 Å². The van der Waals surface area contributed by atoms with Crippen molar-refractivity contribution < 1.29 is 0 Å². The fourth-order valence-corrected chi connectivity index (χ4v) is 17.2. The zero-order chi connectivity index (χ0) is 47.9. The summed E-state index contributed by atoms with van der Waals surface area (Å²) >= 11 is 0. The highest BCUT2D eigenvalue weighted by molar-refractivity contribution is 7.20. The van der Waals surface area contributed by atoms with Gasteiger partial charge in [0.2, 0.25) is 0 Å². The molecule has 0 bridgehead atoms. The topological polar surface area (TPSA) is 9.86 Å². The zero-order valence-corrected chi connectivity index (χ0v) is 41.9. The molecular weight excluding hydrogens is 873 g/mol. The number of para-hydroxylation sites is 2. The van der Waals surface area contributed by atoms with Crippen molar-refractivity contribution >= 4 is 72.4 Å². The Labute approximate surface area is 418 Å². The van der Waals surface area contributed by atoms with E-state index in [-0.39, 0.29) is 10.8 Å². The van der Waals surface area contributed by atoms with Gasteiger partial charge < -0.3 is 9.13 Å². The van der Waals surface area contributed by atoms with Gasteiger partial charge in [-0.3, -0.25) is 0 Å². The van der Waals surface area contributed by atoms with Crippen LogP contribution in [0.1, 0.15) is 51.7 Å². The molecule has 0 amide bonds.